The average Bonchev–Trinajstić information content (AvgIpc) is 2.33. The summed E-state index contributed by atoms with van der Waals surface area (Å²) in [4.78, 5) is 10.9. The first-order valence-electron chi connectivity index (χ1n) is 6.16. The highest BCUT2D eigenvalue weighted by Crippen LogP contribution is 2.33. The number of carbonyl (C=O) groups excluding carboxylic acids is 1. The van der Waals surface area contributed by atoms with E-state index in [0.717, 1.165) is 19.5 Å². The number of fused-ring (bicyclic) bond motifs is 1. The number of benzene rings is 1. The molecule has 0 saturated heterocycles. The van der Waals surface area contributed by atoms with Gasteiger partial charge < -0.3 is 10.1 Å². The summed E-state index contributed by atoms with van der Waals surface area (Å²) < 4.78 is 4.59. The fourth-order valence-electron chi connectivity index (χ4n) is 2.28. The lowest BCUT2D eigenvalue weighted by atomic mass is 9.77. The molecule has 1 aliphatic carbocycles. The van der Waals surface area contributed by atoms with Gasteiger partial charge in [-0.2, -0.15) is 0 Å². The Morgan fingerprint density at radius 3 is 3.06 bits per heavy atom. The third kappa shape index (κ3) is 3.07. The van der Waals surface area contributed by atoms with Crippen LogP contribution in [0.5, 0.6) is 0 Å². The number of ether oxygens (including phenoxy) is 1. The summed E-state index contributed by atoms with van der Waals surface area (Å²) in [5.74, 6) is 0.533. The molecule has 0 amide bonds. The van der Waals surface area contributed by atoms with Crippen molar-refractivity contribution in [3.8, 4) is 0 Å². The van der Waals surface area contributed by atoms with Crippen molar-refractivity contribution in [3.63, 3.8) is 0 Å². The number of esters is 1. The van der Waals surface area contributed by atoms with Crippen LogP contribution in [0.25, 0.3) is 0 Å². The molecule has 0 aromatic heterocycles. The molecule has 0 aliphatic heterocycles. The van der Waals surface area contributed by atoms with Crippen LogP contribution >= 0.6 is 0 Å². The van der Waals surface area contributed by atoms with Crippen molar-refractivity contribution < 1.29 is 9.53 Å². The Morgan fingerprint density at radius 1 is 1.47 bits per heavy atom. The maximum absolute atomic E-state index is 10.9. The van der Waals surface area contributed by atoms with Gasteiger partial charge in [-0.1, -0.05) is 24.3 Å². The van der Waals surface area contributed by atoms with Crippen LogP contribution < -0.4 is 5.32 Å². The Balaban J connectivity index is 1.60. The van der Waals surface area contributed by atoms with Gasteiger partial charge >= 0.3 is 5.97 Å². The summed E-state index contributed by atoms with van der Waals surface area (Å²) in [5, 5.41) is 3.40. The maximum Gasteiger partial charge on any atom is 0.305 e. The second kappa shape index (κ2) is 5.82. The smallest absolute Gasteiger partial charge is 0.305 e. The normalized spacial score (nSPS) is 17.1. The van der Waals surface area contributed by atoms with Gasteiger partial charge in [0.2, 0.25) is 0 Å². The second-order valence-electron chi connectivity index (χ2n) is 4.48. The number of rotatable bonds is 6. The van der Waals surface area contributed by atoms with Gasteiger partial charge in [-0.05, 0) is 30.5 Å². The van der Waals surface area contributed by atoms with E-state index >= 15 is 0 Å². The first-order valence-corrected chi connectivity index (χ1v) is 6.16. The predicted molar refractivity (Wildman–Crippen MR) is 67.0 cm³/mol. The lowest BCUT2D eigenvalue weighted by molar-refractivity contribution is -0.140. The molecular formula is C14H19NO2. The summed E-state index contributed by atoms with van der Waals surface area (Å²) in [6.45, 7) is 1.89. The average molecular weight is 233 g/mol. The molecule has 92 valence electrons. The standard InChI is InChI=1S/C14H19NO2/c1-17-14(16)7-4-8-15-10-12-9-11-5-2-3-6-13(11)12/h2-3,5-6,12,15H,4,7-10H2,1H3. The fourth-order valence-corrected chi connectivity index (χ4v) is 2.28. The third-order valence-corrected chi connectivity index (χ3v) is 3.31. The van der Waals surface area contributed by atoms with Gasteiger partial charge in [0.25, 0.3) is 0 Å². The molecule has 1 atom stereocenters. The molecule has 1 unspecified atom stereocenters. The van der Waals surface area contributed by atoms with Crippen LogP contribution in [-0.4, -0.2) is 26.2 Å². The van der Waals surface area contributed by atoms with Crippen LogP contribution in [0.1, 0.15) is 29.9 Å². The summed E-state index contributed by atoms with van der Waals surface area (Å²) in [7, 11) is 1.43. The van der Waals surface area contributed by atoms with Crippen molar-refractivity contribution in [2.45, 2.75) is 25.2 Å². The quantitative estimate of drug-likeness (QED) is 0.602. The second-order valence-corrected chi connectivity index (χ2v) is 4.48. The molecule has 1 aromatic rings. The molecule has 3 nitrogen and oxygen atoms in total. The molecule has 2 rings (SSSR count). The topological polar surface area (TPSA) is 38.3 Å². The number of methoxy groups -OCH3 is 1. The van der Waals surface area contributed by atoms with Gasteiger partial charge in [0.05, 0.1) is 7.11 Å². The predicted octanol–water partition coefficient (Wildman–Crippen LogP) is 1.87. The molecule has 1 N–H and O–H groups in total. The number of hydrogen-bond donors (Lipinski definition) is 1. The monoisotopic (exact) mass is 233 g/mol. The molecule has 1 aromatic carbocycles. The molecule has 0 bridgehead atoms. The van der Waals surface area contributed by atoms with Crippen molar-refractivity contribution in [3.05, 3.63) is 35.4 Å². The minimum atomic E-state index is -0.124. The van der Waals surface area contributed by atoms with Crippen LogP contribution in [0.15, 0.2) is 24.3 Å². The number of carbonyl (C=O) groups is 1. The van der Waals surface area contributed by atoms with Gasteiger partial charge in [0, 0.05) is 18.9 Å². The maximum atomic E-state index is 10.9. The highest BCUT2D eigenvalue weighted by atomic mass is 16.5. The Kier molecular flexibility index (Phi) is 4.15. The Hall–Kier alpha value is -1.35. The van der Waals surface area contributed by atoms with Crippen molar-refractivity contribution in [1.29, 1.82) is 0 Å². The molecule has 0 fully saturated rings. The summed E-state index contributed by atoms with van der Waals surface area (Å²) in [6.07, 6.45) is 2.53. The van der Waals surface area contributed by atoms with Gasteiger partial charge in [-0.3, -0.25) is 4.79 Å². The molecule has 0 saturated carbocycles. The minimum absolute atomic E-state index is 0.124. The lowest BCUT2D eigenvalue weighted by Crippen LogP contribution is -2.29. The first kappa shape index (κ1) is 12.1. The van der Waals surface area contributed by atoms with Crippen molar-refractivity contribution in [2.24, 2.45) is 0 Å². The molecule has 0 spiro atoms. The van der Waals surface area contributed by atoms with Gasteiger partial charge in [0.15, 0.2) is 0 Å². The summed E-state index contributed by atoms with van der Waals surface area (Å²) in [5.41, 5.74) is 2.96. The molecule has 0 radical (unpaired) electrons. The Morgan fingerprint density at radius 2 is 2.29 bits per heavy atom. The van der Waals surface area contributed by atoms with E-state index in [1.165, 1.54) is 24.7 Å². The largest absolute Gasteiger partial charge is 0.469 e. The lowest BCUT2D eigenvalue weighted by Gasteiger charge is -2.30. The molecule has 0 heterocycles. The molecule has 3 heteroatoms. The van der Waals surface area contributed by atoms with Crippen LogP contribution in [0.3, 0.4) is 0 Å². The van der Waals surface area contributed by atoms with E-state index in [0.29, 0.717) is 12.3 Å². The minimum Gasteiger partial charge on any atom is -0.469 e. The van der Waals surface area contributed by atoms with Gasteiger partial charge in [-0.15, -0.1) is 0 Å². The molecule has 17 heavy (non-hydrogen) atoms. The van der Waals surface area contributed by atoms with Gasteiger partial charge in [-0.25, -0.2) is 0 Å². The first-order chi connectivity index (χ1) is 8.31. The zero-order valence-corrected chi connectivity index (χ0v) is 10.2. The van der Waals surface area contributed by atoms with E-state index in [2.05, 4.69) is 34.3 Å². The Labute approximate surface area is 102 Å². The zero-order valence-electron chi connectivity index (χ0n) is 10.2. The summed E-state index contributed by atoms with van der Waals surface area (Å²) in [6, 6.07) is 8.60. The van der Waals surface area contributed by atoms with Crippen molar-refractivity contribution in [2.75, 3.05) is 20.2 Å². The van der Waals surface area contributed by atoms with E-state index < -0.39 is 0 Å². The van der Waals surface area contributed by atoms with Crippen molar-refractivity contribution >= 4 is 5.97 Å². The molecular weight excluding hydrogens is 214 g/mol. The summed E-state index contributed by atoms with van der Waals surface area (Å²) >= 11 is 0. The molecule has 1 aliphatic rings. The van der Waals surface area contributed by atoms with Crippen molar-refractivity contribution in [1.82, 2.24) is 5.32 Å². The number of hydrogen-bond acceptors (Lipinski definition) is 3. The van der Waals surface area contributed by atoms with E-state index in [-0.39, 0.29) is 5.97 Å². The van der Waals surface area contributed by atoms with E-state index in [9.17, 15) is 4.79 Å². The van der Waals surface area contributed by atoms with Crippen LogP contribution in [0.4, 0.5) is 0 Å². The Bertz CT molecular complexity index is 390. The van der Waals surface area contributed by atoms with E-state index in [4.69, 9.17) is 0 Å². The van der Waals surface area contributed by atoms with E-state index in [1.807, 2.05) is 0 Å². The number of nitrogens with one attached hydrogen (secondary N) is 1. The van der Waals surface area contributed by atoms with Crippen LogP contribution in [0.2, 0.25) is 0 Å². The highest BCUT2D eigenvalue weighted by molar-refractivity contribution is 5.69. The third-order valence-electron chi connectivity index (χ3n) is 3.31. The van der Waals surface area contributed by atoms with Crippen LogP contribution in [-0.2, 0) is 16.0 Å². The van der Waals surface area contributed by atoms with E-state index in [1.54, 1.807) is 0 Å². The zero-order chi connectivity index (χ0) is 12.1. The SMILES string of the molecule is COC(=O)CCCNCC1Cc2ccccc21. The van der Waals surface area contributed by atoms with Crippen LogP contribution in [0, 0.1) is 0 Å². The highest BCUT2D eigenvalue weighted by Gasteiger charge is 2.24. The van der Waals surface area contributed by atoms with Gasteiger partial charge in [0.1, 0.15) is 0 Å². The fraction of sp³-hybridized carbons (Fsp3) is 0.500.